The van der Waals surface area contributed by atoms with Gasteiger partial charge in [0.1, 0.15) is 5.71 Å². The molecule has 0 bridgehead atoms. The maximum atomic E-state index is 5.67. The molecule has 0 atom stereocenters. The first-order chi connectivity index (χ1) is 12.7. The van der Waals surface area contributed by atoms with Crippen molar-refractivity contribution in [3.8, 4) is 0 Å². The zero-order valence-electron chi connectivity index (χ0n) is 15.0. The lowest BCUT2D eigenvalue weighted by atomic mass is 10.1. The molecule has 0 saturated carbocycles. The Balaban J connectivity index is 1.91. The molecular weight excluding hydrogens is 346 g/mol. The molecular formula is C18H23N7S. The van der Waals surface area contributed by atoms with E-state index in [1.54, 1.807) is 30.6 Å². The van der Waals surface area contributed by atoms with Crippen LogP contribution in [0.15, 0.2) is 53.9 Å². The summed E-state index contributed by atoms with van der Waals surface area (Å²) in [5.41, 5.74) is 4.67. The van der Waals surface area contributed by atoms with E-state index in [1.165, 1.54) is 0 Å². The Morgan fingerprint density at radius 2 is 1.73 bits per heavy atom. The molecule has 0 aliphatic carbocycles. The van der Waals surface area contributed by atoms with Gasteiger partial charge in [0.05, 0.1) is 0 Å². The van der Waals surface area contributed by atoms with Gasteiger partial charge in [-0.2, -0.15) is 10.2 Å². The molecule has 26 heavy (non-hydrogen) atoms. The molecule has 136 valence electrons. The van der Waals surface area contributed by atoms with Crippen LogP contribution in [0.2, 0.25) is 0 Å². The first-order valence-corrected chi connectivity index (χ1v) is 8.96. The number of nitrogens with one attached hydrogen (secondary N) is 1. The zero-order chi connectivity index (χ0) is 18.4. The summed E-state index contributed by atoms with van der Waals surface area (Å²) in [4.78, 5) is 13.2. The van der Waals surface area contributed by atoms with Gasteiger partial charge in [-0.15, -0.1) is 0 Å². The molecule has 1 saturated heterocycles. The van der Waals surface area contributed by atoms with Crippen LogP contribution < -0.4 is 5.43 Å². The van der Waals surface area contributed by atoms with Gasteiger partial charge in [0.25, 0.3) is 0 Å². The second-order valence-electron chi connectivity index (χ2n) is 6.00. The Labute approximate surface area is 159 Å². The molecule has 3 rings (SSSR count). The number of hydrazine groups is 1. The van der Waals surface area contributed by atoms with Crippen molar-refractivity contribution in [3.63, 3.8) is 0 Å². The molecule has 1 fully saturated rings. The minimum absolute atomic E-state index is 0.556. The third-order valence-corrected chi connectivity index (χ3v) is 4.62. The highest BCUT2D eigenvalue weighted by atomic mass is 32.1. The zero-order valence-corrected chi connectivity index (χ0v) is 15.9. The summed E-state index contributed by atoms with van der Waals surface area (Å²) >= 11 is 5.67. The van der Waals surface area contributed by atoms with Crippen LogP contribution >= 0.6 is 12.2 Å². The minimum Gasteiger partial charge on any atom is -0.344 e. The normalized spacial score (nSPS) is 15.8. The third kappa shape index (κ3) is 4.40. The van der Waals surface area contributed by atoms with Gasteiger partial charge in [0.2, 0.25) is 5.11 Å². The van der Waals surface area contributed by atoms with Crippen LogP contribution in [-0.4, -0.2) is 76.0 Å². The lowest BCUT2D eigenvalue weighted by Gasteiger charge is -2.36. The summed E-state index contributed by atoms with van der Waals surface area (Å²) in [5, 5.41) is 7.01. The number of hydrogen-bond acceptors (Lipinski definition) is 6. The van der Waals surface area contributed by atoms with Crippen LogP contribution in [0.5, 0.6) is 0 Å². The summed E-state index contributed by atoms with van der Waals surface area (Å²) < 4.78 is 0. The largest absolute Gasteiger partial charge is 0.344 e. The molecule has 0 unspecified atom stereocenters. The van der Waals surface area contributed by atoms with Gasteiger partial charge in [0.15, 0.2) is 5.82 Å². The van der Waals surface area contributed by atoms with Crippen LogP contribution in [0, 0.1) is 0 Å². The molecule has 2 heterocycles. The molecule has 1 aliphatic heterocycles. The summed E-state index contributed by atoms with van der Waals surface area (Å²) in [5.74, 6) is 0.556. The van der Waals surface area contributed by atoms with Gasteiger partial charge in [-0.3, -0.25) is 0 Å². The SMILES string of the molecule is CNN(/N=C(/c1ccccc1)c1ncccn1)C(=S)N1CCN(C)CC1. The molecule has 1 N–H and O–H groups in total. The van der Waals surface area contributed by atoms with Crippen molar-refractivity contribution < 1.29 is 0 Å². The number of thiocarbonyl (C=S) groups is 1. The maximum absolute atomic E-state index is 5.67. The number of benzene rings is 1. The van der Waals surface area contributed by atoms with E-state index in [2.05, 4.69) is 32.2 Å². The van der Waals surface area contributed by atoms with E-state index in [1.807, 2.05) is 30.3 Å². The highest BCUT2D eigenvalue weighted by molar-refractivity contribution is 7.80. The average molecular weight is 369 g/mol. The van der Waals surface area contributed by atoms with Crippen molar-refractivity contribution in [2.24, 2.45) is 5.10 Å². The quantitative estimate of drug-likeness (QED) is 0.494. The summed E-state index contributed by atoms with van der Waals surface area (Å²) in [6, 6.07) is 11.7. The van der Waals surface area contributed by atoms with E-state index >= 15 is 0 Å². The van der Waals surface area contributed by atoms with E-state index in [0.29, 0.717) is 16.6 Å². The summed E-state index contributed by atoms with van der Waals surface area (Å²) in [6.07, 6.45) is 3.42. The Bertz CT molecular complexity index is 701. The number of aromatic nitrogens is 2. The van der Waals surface area contributed by atoms with Crippen molar-refractivity contribution in [1.82, 2.24) is 30.3 Å². The summed E-state index contributed by atoms with van der Waals surface area (Å²) in [6.45, 7) is 3.72. The fraction of sp³-hybridized carbons (Fsp3) is 0.333. The number of nitrogens with zero attached hydrogens (tertiary/aromatic N) is 6. The van der Waals surface area contributed by atoms with Crippen LogP contribution in [-0.2, 0) is 0 Å². The summed E-state index contributed by atoms with van der Waals surface area (Å²) in [7, 11) is 3.93. The van der Waals surface area contributed by atoms with E-state index < -0.39 is 0 Å². The second kappa shape index (κ2) is 8.79. The minimum atomic E-state index is 0.556. The van der Waals surface area contributed by atoms with E-state index in [9.17, 15) is 0 Å². The molecule has 7 nitrogen and oxygen atoms in total. The number of rotatable bonds is 4. The monoisotopic (exact) mass is 369 g/mol. The van der Waals surface area contributed by atoms with Gasteiger partial charge in [0, 0.05) is 51.2 Å². The van der Waals surface area contributed by atoms with Gasteiger partial charge in [-0.1, -0.05) is 30.3 Å². The van der Waals surface area contributed by atoms with Crippen LogP contribution in [0.3, 0.4) is 0 Å². The number of likely N-dealkylation sites (N-methyl/N-ethyl adjacent to an activating group) is 1. The fourth-order valence-electron chi connectivity index (χ4n) is 2.67. The molecule has 8 heteroatoms. The lowest BCUT2D eigenvalue weighted by molar-refractivity contribution is 0.192. The Kier molecular flexibility index (Phi) is 6.21. The smallest absolute Gasteiger partial charge is 0.208 e. The second-order valence-corrected chi connectivity index (χ2v) is 6.36. The molecule has 2 aromatic rings. The van der Waals surface area contributed by atoms with Crippen LogP contribution in [0.25, 0.3) is 0 Å². The van der Waals surface area contributed by atoms with Gasteiger partial charge in [-0.25, -0.2) is 15.4 Å². The predicted octanol–water partition coefficient (Wildman–Crippen LogP) is 1.20. The number of hydrogen-bond donors (Lipinski definition) is 1. The Morgan fingerprint density at radius 3 is 2.35 bits per heavy atom. The fourth-order valence-corrected chi connectivity index (χ4v) is 2.98. The van der Waals surface area contributed by atoms with Crippen molar-refractivity contribution in [2.45, 2.75) is 0 Å². The van der Waals surface area contributed by atoms with Crippen LogP contribution in [0.4, 0.5) is 0 Å². The van der Waals surface area contributed by atoms with Gasteiger partial charge in [-0.05, 0) is 25.3 Å². The first-order valence-electron chi connectivity index (χ1n) is 8.55. The Morgan fingerprint density at radius 1 is 1.08 bits per heavy atom. The molecule has 1 aromatic heterocycles. The number of hydrazone groups is 1. The molecule has 1 aromatic carbocycles. The Hall–Kier alpha value is -2.42. The van der Waals surface area contributed by atoms with Crippen molar-refractivity contribution >= 4 is 23.0 Å². The van der Waals surface area contributed by atoms with Gasteiger partial charge >= 0.3 is 0 Å². The van der Waals surface area contributed by atoms with Crippen molar-refractivity contribution in [1.29, 1.82) is 0 Å². The molecule has 1 aliphatic rings. The van der Waals surface area contributed by atoms with Crippen molar-refractivity contribution in [3.05, 3.63) is 60.2 Å². The van der Waals surface area contributed by atoms with Crippen LogP contribution in [0.1, 0.15) is 11.4 Å². The molecule has 0 amide bonds. The first kappa shape index (κ1) is 18.4. The topological polar surface area (TPSA) is 59.9 Å². The standard InChI is InChI=1S/C18H23N7S/c1-19-25(18(26)24-13-11-23(2)12-14-24)22-16(15-7-4-3-5-8-15)17-20-9-6-10-21-17/h3-10,19H,11-14H2,1-2H3/b22-16-. The highest BCUT2D eigenvalue weighted by Gasteiger charge is 2.21. The van der Waals surface area contributed by atoms with Gasteiger partial charge < -0.3 is 9.80 Å². The molecule has 0 radical (unpaired) electrons. The average Bonchev–Trinajstić information content (AvgIpc) is 2.70. The predicted molar refractivity (Wildman–Crippen MR) is 107 cm³/mol. The third-order valence-electron chi connectivity index (χ3n) is 4.19. The number of piperazine rings is 1. The van der Waals surface area contributed by atoms with Crippen molar-refractivity contribution in [2.75, 3.05) is 40.3 Å². The molecule has 0 spiro atoms. The van der Waals surface area contributed by atoms with E-state index in [4.69, 9.17) is 17.3 Å². The maximum Gasteiger partial charge on any atom is 0.208 e. The van der Waals surface area contributed by atoms with E-state index in [0.717, 1.165) is 31.7 Å². The highest BCUT2D eigenvalue weighted by Crippen LogP contribution is 2.10. The van der Waals surface area contributed by atoms with E-state index in [-0.39, 0.29) is 0 Å². The lowest BCUT2D eigenvalue weighted by Crippen LogP contribution is -2.53.